The topological polar surface area (TPSA) is 55.1 Å². The van der Waals surface area contributed by atoms with Crippen LogP contribution in [0.2, 0.25) is 0 Å². The van der Waals surface area contributed by atoms with E-state index in [4.69, 9.17) is 4.42 Å². The van der Waals surface area contributed by atoms with Crippen LogP contribution in [0.4, 0.5) is 10.1 Å². The predicted molar refractivity (Wildman–Crippen MR) is 119 cm³/mol. The average Bonchev–Trinajstić information content (AvgIpc) is 3.24. The first-order chi connectivity index (χ1) is 15.2. The Hall–Kier alpha value is -4.25. The van der Waals surface area contributed by atoms with Gasteiger partial charge in [-0.25, -0.2) is 9.37 Å². The molecule has 150 valence electrons. The maximum absolute atomic E-state index is 13.1. The highest BCUT2D eigenvalue weighted by molar-refractivity contribution is 6.04. The average molecular weight is 408 g/mol. The molecular formula is C26H17FN2O2. The van der Waals surface area contributed by atoms with Crippen molar-refractivity contribution < 1.29 is 13.6 Å². The Kier molecular flexibility index (Phi) is 4.77. The van der Waals surface area contributed by atoms with E-state index in [1.807, 2.05) is 42.5 Å². The Morgan fingerprint density at radius 3 is 2.19 bits per heavy atom. The van der Waals surface area contributed by atoms with Gasteiger partial charge < -0.3 is 9.73 Å². The number of carbonyl (C=O) groups is 1. The smallest absolute Gasteiger partial charge is 0.255 e. The Bertz CT molecular complexity index is 1360. The number of nitrogens with one attached hydrogen (secondary N) is 1. The highest BCUT2D eigenvalue weighted by Gasteiger charge is 2.11. The summed E-state index contributed by atoms with van der Waals surface area (Å²) in [5, 5.41) is 2.80. The van der Waals surface area contributed by atoms with Gasteiger partial charge >= 0.3 is 0 Å². The van der Waals surface area contributed by atoms with E-state index in [-0.39, 0.29) is 11.7 Å². The van der Waals surface area contributed by atoms with Crippen molar-refractivity contribution in [2.45, 2.75) is 0 Å². The number of hydrogen-bond acceptors (Lipinski definition) is 3. The molecule has 1 N–H and O–H groups in total. The lowest BCUT2D eigenvalue weighted by molar-refractivity contribution is 0.102. The summed E-state index contributed by atoms with van der Waals surface area (Å²) in [5.74, 6) is -0.193. The molecule has 0 saturated heterocycles. The monoisotopic (exact) mass is 408 g/mol. The molecule has 5 aromatic rings. The van der Waals surface area contributed by atoms with Gasteiger partial charge in [0.1, 0.15) is 11.3 Å². The number of oxazole rings is 1. The summed E-state index contributed by atoms with van der Waals surface area (Å²) in [4.78, 5) is 16.9. The quantitative estimate of drug-likeness (QED) is 0.367. The first-order valence-corrected chi connectivity index (χ1v) is 9.79. The molecule has 0 bridgehead atoms. The fraction of sp³-hybridized carbons (Fsp3) is 0. The Balaban J connectivity index is 1.38. The van der Waals surface area contributed by atoms with Crippen LogP contribution in [-0.4, -0.2) is 10.9 Å². The van der Waals surface area contributed by atoms with Crippen LogP contribution < -0.4 is 5.32 Å². The van der Waals surface area contributed by atoms with Crippen molar-refractivity contribution in [3.8, 4) is 22.6 Å². The zero-order valence-electron chi connectivity index (χ0n) is 16.4. The Labute approximate surface area is 178 Å². The third-order valence-corrected chi connectivity index (χ3v) is 4.99. The highest BCUT2D eigenvalue weighted by Crippen LogP contribution is 2.28. The number of halogens is 1. The van der Waals surface area contributed by atoms with Crippen molar-refractivity contribution in [3.63, 3.8) is 0 Å². The van der Waals surface area contributed by atoms with Gasteiger partial charge in [0.2, 0.25) is 5.89 Å². The molecule has 0 unspecified atom stereocenters. The Morgan fingerprint density at radius 1 is 0.774 bits per heavy atom. The molecule has 0 saturated carbocycles. The fourth-order valence-corrected chi connectivity index (χ4v) is 3.37. The van der Waals surface area contributed by atoms with Gasteiger partial charge in [-0.15, -0.1) is 0 Å². The van der Waals surface area contributed by atoms with Crippen LogP contribution in [-0.2, 0) is 0 Å². The molecule has 5 rings (SSSR count). The lowest BCUT2D eigenvalue weighted by atomic mass is 10.0. The summed E-state index contributed by atoms with van der Waals surface area (Å²) in [6.45, 7) is 0. The number of benzene rings is 4. The summed E-state index contributed by atoms with van der Waals surface area (Å²) in [6, 6.07) is 28.8. The molecule has 0 aliphatic heterocycles. The SMILES string of the molecule is O=C(Nc1ccc2oc(-c3ccc(-c4ccccc4)cc3)nc2c1)c1ccc(F)cc1. The predicted octanol–water partition coefficient (Wildman–Crippen LogP) is 6.55. The molecule has 5 heteroatoms. The van der Waals surface area contributed by atoms with E-state index < -0.39 is 0 Å². The molecule has 31 heavy (non-hydrogen) atoms. The summed E-state index contributed by atoms with van der Waals surface area (Å²) in [5.41, 5.74) is 5.36. The van der Waals surface area contributed by atoms with E-state index in [0.29, 0.717) is 28.2 Å². The molecule has 0 fully saturated rings. The molecule has 4 nitrogen and oxygen atoms in total. The minimum Gasteiger partial charge on any atom is -0.436 e. The molecule has 1 heterocycles. The molecule has 0 atom stereocenters. The molecule has 0 radical (unpaired) electrons. The molecule has 0 aliphatic rings. The molecule has 1 aromatic heterocycles. The zero-order chi connectivity index (χ0) is 21.2. The molecule has 1 amide bonds. The van der Waals surface area contributed by atoms with Gasteiger partial charge in [0.15, 0.2) is 5.58 Å². The van der Waals surface area contributed by atoms with Crippen molar-refractivity contribution in [1.29, 1.82) is 0 Å². The largest absolute Gasteiger partial charge is 0.436 e. The number of aromatic nitrogens is 1. The number of fused-ring (bicyclic) bond motifs is 1. The van der Waals surface area contributed by atoms with Crippen molar-refractivity contribution in [3.05, 3.63) is 108 Å². The first kappa shape index (κ1) is 18.8. The van der Waals surface area contributed by atoms with Crippen LogP contribution in [0.25, 0.3) is 33.7 Å². The minimum absolute atomic E-state index is 0.320. The van der Waals surface area contributed by atoms with E-state index in [1.54, 1.807) is 18.2 Å². The lowest BCUT2D eigenvalue weighted by Crippen LogP contribution is -2.11. The van der Waals surface area contributed by atoms with Gasteiger partial charge in [0, 0.05) is 16.8 Å². The normalized spacial score (nSPS) is 10.9. The van der Waals surface area contributed by atoms with Crippen molar-refractivity contribution in [2.75, 3.05) is 5.32 Å². The third kappa shape index (κ3) is 3.94. The first-order valence-electron chi connectivity index (χ1n) is 9.79. The molecule has 0 aliphatic carbocycles. The second-order valence-electron chi connectivity index (χ2n) is 7.11. The van der Waals surface area contributed by atoms with Crippen LogP contribution in [0.3, 0.4) is 0 Å². The van der Waals surface area contributed by atoms with E-state index in [9.17, 15) is 9.18 Å². The fourth-order valence-electron chi connectivity index (χ4n) is 3.37. The van der Waals surface area contributed by atoms with Crippen molar-refractivity contribution >= 4 is 22.7 Å². The second-order valence-corrected chi connectivity index (χ2v) is 7.11. The van der Waals surface area contributed by atoms with E-state index in [1.165, 1.54) is 24.3 Å². The summed E-state index contributed by atoms with van der Waals surface area (Å²) < 4.78 is 18.9. The van der Waals surface area contributed by atoms with E-state index in [2.05, 4.69) is 22.4 Å². The number of rotatable bonds is 4. The van der Waals surface area contributed by atoms with Crippen LogP contribution in [0.15, 0.2) is 101 Å². The minimum atomic E-state index is -0.384. The summed E-state index contributed by atoms with van der Waals surface area (Å²) in [6.07, 6.45) is 0. The number of carbonyl (C=O) groups excluding carboxylic acids is 1. The van der Waals surface area contributed by atoms with Gasteiger partial charge in [-0.3, -0.25) is 4.79 Å². The maximum Gasteiger partial charge on any atom is 0.255 e. The molecule has 0 spiro atoms. The zero-order valence-corrected chi connectivity index (χ0v) is 16.4. The standard InChI is InChI=1S/C26H17FN2O2/c27-21-12-10-19(11-13-21)25(30)28-22-14-15-24-23(16-22)29-26(31-24)20-8-6-18(7-9-20)17-4-2-1-3-5-17/h1-16H,(H,28,30). The Morgan fingerprint density at radius 2 is 1.45 bits per heavy atom. The number of nitrogens with zero attached hydrogens (tertiary/aromatic N) is 1. The van der Waals surface area contributed by atoms with Gasteiger partial charge in [0.25, 0.3) is 5.91 Å². The van der Waals surface area contributed by atoms with Crippen LogP contribution >= 0.6 is 0 Å². The van der Waals surface area contributed by atoms with Crippen LogP contribution in [0, 0.1) is 5.82 Å². The summed E-state index contributed by atoms with van der Waals surface area (Å²) in [7, 11) is 0. The number of hydrogen-bond donors (Lipinski definition) is 1. The number of anilines is 1. The van der Waals surface area contributed by atoms with E-state index >= 15 is 0 Å². The summed E-state index contributed by atoms with van der Waals surface area (Å²) >= 11 is 0. The lowest BCUT2D eigenvalue weighted by Gasteiger charge is -2.04. The van der Waals surface area contributed by atoms with Crippen LogP contribution in [0.1, 0.15) is 10.4 Å². The van der Waals surface area contributed by atoms with Crippen molar-refractivity contribution in [2.24, 2.45) is 0 Å². The maximum atomic E-state index is 13.1. The van der Waals surface area contributed by atoms with Gasteiger partial charge in [-0.2, -0.15) is 0 Å². The second kappa shape index (κ2) is 7.88. The van der Waals surface area contributed by atoms with Crippen molar-refractivity contribution in [1.82, 2.24) is 4.98 Å². The molecule has 4 aromatic carbocycles. The molecular weight excluding hydrogens is 391 g/mol. The third-order valence-electron chi connectivity index (χ3n) is 4.99. The van der Waals surface area contributed by atoms with Gasteiger partial charge in [-0.05, 0) is 65.7 Å². The van der Waals surface area contributed by atoms with E-state index in [0.717, 1.165) is 16.7 Å². The number of amides is 1. The van der Waals surface area contributed by atoms with Gasteiger partial charge in [0.05, 0.1) is 0 Å². The highest BCUT2D eigenvalue weighted by atomic mass is 19.1. The van der Waals surface area contributed by atoms with Gasteiger partial charge in [-0.1, -0.05) is 42.5 Å². The van der Waals surface area contributed by atoms with Crippen LogP contribution in [0.5, 0.6) is 0 Å².